The first-order chi connectivity index (χ1) is 14.6. The standard InChI is InChI=1S/C22H27N7O/c1-15-24-3-6-28(15)5-2-4-27-11-16-7-18(13-27)20-8-17(9-22(30)29(20)12-16)19-10-21(23)26-14-25-19/h3,6,8-10,14,16,18H,2,4-5,7,11-13H2,1H3,(H2,23,25,26)/t16-,18+/m0/s1. The summed E-state index contributed by atoms with van der Waals surface area (Å²) < 4.78 is 4.18. The summed E-state index contributed by atoms with van der Waals surface area (Å²) in [5.74, 6) is 2.38. The molecular formula is C22H27N7O. The number of nitrogen functional groups attached to an aromatic ring is 1. The van der Waals surface area contributed by atoms with Crippen LogP contribution in [0.15, 0.2) is 41.7 Å². The molecule has 0 unspecified atom stereocenters. The molecule has 2 aliphatic heterocycles. The molecule has 0 spiro atoms. The maximum atomic E-state index is 12.9. The third kappa shape index (κ3) is 3.63. The summed E-state index contributed by atoms with van der Waals surface area (Å²) in [6, 6.07) is 5.53. The van der Waals surface area contributed by atoms with E-state index in [-0.39, 0.29) is 5.56 Å². The van der Waals surface area contributed by atoms with E-state index in [9.17, 15) is 4.79 Å². The summed E-state index contributed by atoms with van der Waals surface area (Å²) >= 11 is 0. The van der Waals surface area contributed by atoms with E-state index in [0.29, 0.717) is 23.3 Å². The van der Waals surface area contributed by atoms with E-state index in [1.165, 1.54) is 6.33 Å². The van der Waals surface area contributed by atoms with Crippen LogP contribution < -0.4 is 11.3 Å². The highest BCUT2D eigenvalue weighted by Crippen LogP contribution is 2.36. The predicted molar refractivity (Wildman–Crippen MR) is 115 cm³/mol. The van der Waals surface area contributed by atoms with Crippen molar-refractivity contribution in [2.75, 3.05) is 25.4 Å². The van der Waals surface area contributed by atoms with Crippen LogP contribution >= 0.6 is 0 Å². The summed E-state index contributed by atoms with van der Waals surface area (Å²) in [6.45, 7) is 6.96. The van der Waals surface area contributed by atoms with E-state index in [1.54, 1.807) is 12.1 Å². The molecule has 8 heteroatoms. The molecule has 2 bridgehead atoms. The lowest BCUT2D eigenvalue weighted by Gasteiger charge is -2.43. The SMILES string of the molecule is Cc1nccn1CCCN1C[C@@H]2C[C@H](C1)c1cc(-c3cc(N)ncn3)cc(=O)n1C2. The number of hydrogen-bond donors (Lipinski definition) is 1. The minimum absolute atomic E-state index is 0.0541. The zero-order valence-corrected chi connectivity index (χ0v) is 17.2. The molecule has 2 aliphatic rings. The molecule has 1 fully saturated rings. The Bertz CT molecular complexity index is 1120. The van der Waals surface area contributed by atoms with Gasteiger partial charge in [0.2, 0.25) is 0 Å². The normalized spacial score (nSPS) is 20.8. The van der Waals surface area contributed by atoms with Crippen LogP contribution in [-0.2, 0) is 13.1 Å². The van der Waals surface area contributed by atoms with Crippen LogP contribution in [0.3, 0.4) is 0 Å². The average Bonchev–Trinajstić information content (AvgIpc) is 3.13. The van der Waals surface area contributed by atoms with E-state index in [0.717, 1.165) is 62.6 Å². The van der Waals surface area contributed by atoms with Gasteiger partial charge >= 0.3 is 0 Å². The molecule has 0 saturated carbocycles. The quantitative estimate of drug-likeness (QED) is 0.697. The molecule has 2 atom stereocenters. The highest BCUT2D eigenvalue weighted by Gasteiger charge is 2.34. The number of piperidine rings is 1. The Morgan fingerprint density at radius 2 is 2.00 bits per heavy atom. The van der Waals surface area contributed by atoms with Crippen molar-refractivity contribution in [2.24, 2.45) is 5.92 Å². The second-order valence-corrected chi connectivity index (χ2v) is 8.53. The molecule has 5 heterocycles. The largest absolute Gasteiger partial charge is 0.384 e. The Morgan fingerprint density at radius 3 is 2.80 bits per heavy atom. The minimum atomic E-state index is 0.0541. The molecule has 3 aromatic rings. The van der Waals surface area contributed by atoms with Gasteiger partial charge in [0.05, 0.1) is 5.69 Å². The molecular weight excluding hydrogens is 378 g/mol. The van der Waals surface area contributed by atoms with E-state index in [2.05, 4.69) is 30.5 Å². The first-order valence-electron chi connectivity index (χ1n) is 10.6. The summed E-state index contributed by atoms with van der Waals surface area (Å²) in [7, 11) is 0. The minimum Gasteiger partial charge on any atom is -0.384 e. The van der Waals surface area contributed by atoms with Crippen LogP contribution in [0, 0.1) is 12.8 Å². The van der Waals surface area contributed by atoms with Crippen molar-refractivity contribution < 1.29 is 0 Å². The molecule has 3 aromatic heterocycles. The Morgan fingerprint density at radius 1 is 1.10 bits per heavy atom. The maximum Gasteiger partial charge on any atom is 0.251 e. The molecule has 156 valence electrons. The Kier molecular flexibility index (Phi) is 4.86. The number of fused-ring (bicyclic) bond motifs is 4. The van der Waals surface area contributed by atoms with Crippen molar-refractivity contribution in [3.8, 4) is 11.3 Å². The van der Waals surface area contributed by atoms with Crippen LogP contribution in [-0.4, -0.2) is 48.6 Å². The average molecular weight is 406 g/mol. The van der Waals surface area contributed by atoms with Crippen molar-refractivity contribution in [1.82, 2.24) is 29.0 Å². The lowest BCUT2D eigenvalue weighted by molar-refractivity contribution is 0.118. The molecule has 0 amide bonds. The van der Waals surface area contributed by atoms with Crippen molar-refractivity contribution in [1.29, 1.82) is 0 Å². The highest BCUT2D eigenvalue weighted by atomic mass is 16.1. The number of pyridine rings is 1. The van der Waals surface area contributed by atoms with Gasteiger partial charge in [-0.3, -0.25) is 4.79 Å². The van der Waals surface area contributed by atoms with Crippen LogP contribution in [0.2, 0.25) is 0 Å². The molecule has 0 aliphatic carbocycles. The zero-order chi connectivity index (χ0) is 20.7. The Hall–Kier alpha value is -3.00. The molecule has 2 N–H and O–H groups in total. The number of likely N-dealkylation sites (tertiary alicyclic amines) is 1. The maximum absolute atomic E-state index is 12.9. The molecule has 0 radical (unpaired) electrons. The van der Waals surface area contributed by atoms with Crippen molar-refractivity contribution >= 4 is 5.82 Å². The van der Waals surface area contributed by atoms with Crippen LogP contribution in [0.1, 0.15) is 30.3 Å². The second kappa shape index (κ2) is 7.68. The highest BCUT2D eigenvalue weighted by molar-refractivity contribution is 5.61. The van der Waals surface area contributed by atoms with Gasteiger partial charge in [0.25, 0.3) is 5.56 Å². The Labute approximate surface area is 175 Å². The van der Waals surface area contributed by atoms with E-state index < -0.39 is 0 Å². The second-order valence-electron chi connectivity index (χ2n) is 8.53. The van der Waals surface area contributed by atoms with Crippen molar-refractivity contribution in [3.63, 3.8) is 0 Å². The predicted octanol–water partition coefficient (Wildman–Crippen LogP) is 1.90. The fourth-order valence-corrected chi connectivity index (χ4v) is 5.02. The smallest absolute Gasteiger partial charge is 0.251 e. The van der Waals surface area contributed by atoms with Gasteiger partial charge in [-0.25, -0.2) is 15.0 Å². The monoisotopic (exact) mass is 405 g/mol. The van der Waals surface area contributed by atoms with E-state index >= 15 is 0 Å². The Balaban J connectivity index is 1.34. The number of nitrogens with zero attached hydrogens (tertiary/aromatic N) is 6. The van der Waals surface area contributed by atoms with Crippen LogP contribution in [0.25, 0.3) is 11.3 Å². The van der Waals surface area contributed by atoms with Crippen molar-refractivity contribution in [2.45, 2.75) is 38.8 Å². The van der Waals surface area contributed by atoms with Gasteiger partial charge in [-0.05, 0) is 38.3 Å². The first kappa shape index (κ1) is 19.0. The third-order valence-corrected chi connectivity index (χ3v) is 6.41. The molecule has 1 saturated heterocycles. The number of nitrogens with two attached hydrogens (primary N) is 1. The summed E-state index contributed by atoms with van der Waals surface area (Å²) in [5.41, 5.74) is 8.52. The third-order valence-electron chi connectivity index (χ3n) is 6.41. The van der Waals surface area contributed by atoms with Gasteiger partial charge in [0.15, 0.2) is 0 Å². The fourth-order valence-electron chi connectivity index (χ4n) is 5.02. The summed E-state index contributed by atoms with van der Waals surface area (Å²) in [6.07, 6.45) is 7.60. The van der Waals surface area contributed by atoms with Gasteiger partial charge in [-0.1, -0.05) is 0 Å². The van der Waals surface area contributed by atoms with Gasteiger partial charge in [-0.15, -0.1) is 0 Å². The number of imidazole rings is 1. The summed E-state index contributed by atoms with van der Waals surface area (Å²) in [5, 5.41) is 0. The van der Waals surface area contributed by atoms with Gasteiger partial charge in [-0.2, -0.15) is 0 Å². The van der Waals surface area contributed by atoms with Crippen LogP contribution in [0.4, 0.5) is 5.82 Å². The van der Waals surface area contributed by atoms with Gasteiger partial charge < -0.3 is 19.8 Å². The lowest BCUT2D eigenvalue weighted by Crippen LogP contribution is -2.47. The fraction of sp³-hybridized carbons (Fsp3) is 0.455. The van der Waals surface area contributed by atoms with Crippen molar-refractivity contribution in [3.05, 3.63) is 58.8 Å². The number of hydrogen-bond acceptors (Lipinski definition) is 6. The van der Waals surface area contributed by atoms with Gasteiger partial charge in [0, 0.05) is 67.9 Å². The number of anilines is 1. The van der Waals surface area contributed by atoms with E-state index in [1.807, 2.05) is 23.9 Å². The van der Waals surface area contributed by atoms with Crippen LogP contribution in [0.5, 0.6) is 0 Å². The number of aryl methyl sites for hydroxylation is 2. The van der Waals surface area contributed by atoms with E-state index in [4.69, 9.17) is 5.73 Å². The number of rotatable bonds is 5. The van der Waals surface area contributed by atoms with Gasteiger partial charge in [0.1, 0.15) is 18.0 Å². The number of aromatic nitrogens is 5. The molecule has 30 heavy (non-hydrogen) atoms. The summed E-state index contributed by atoms with van der Waals surface area (Å²) in [4.78, 5) is 28.0. The molecule has 8 nitrogen and oxygen atoms in total. The molecule has 0 aromatic carbocycles. The molecule has 5 rings (SSSR count). The topological polar surface area (TPSA) is 94.9 Å². The zero-order valence-electron chi connectivity index (χ0n) is 17.2. The first-order valence-corrected chi connectivity index (χ1v) is 10.6. The lowest BCUT2D eigenvalue weighted by atomic mass is 9.82.